The summed E-state index contributed by atoms with van der Waals surface area (Å²) in [6, 6.07) is 8.88. The van der Waals surface area contributed by atoms with Gasteiger partial charge >= 0.3 is 0 Å². The van der Waals surface area contributed by atoms with Crippen LogP contribution in [0, 0.1) is 0 Å². The molecule has 2 aromatic carbocycles. The van der Waals surface area contributed by atoms with Crippen LogP contribution in [0.3, 0.4) is 0 Å². The average molecular weight is 290 g/mol. The summed E-state index contributed by atoms with van der Waals surface area (Å²) < 4.78 is 0.643. The first-order valence-corrected chi connectivity index (χ1v) is 5.88. The number of phenolic OH excluding ortho intramolecular Hbond substituents is 1. The Bertz CT molecular complexity index is 746. The van der Waals surface area contributed by atoms with Gasteiger partial charge in [0.2, 0.25) is 0 Å². The summed E-state index contributed by atoms with van der Waals surface area (Å²) in [5.74, 6) is 0.190. The maximum atomic E-state index is 10.8. The summed E-state index contributed by atoms with van der Waals surface area (Å²) in [6.07, 6.45) is 0.814. The standard InChI is InChI=1S/C13H8BrNO2/c14-13-11(17)4-3-10-12(13)8-5-7(6-16)1-2-9(8)15-10/h1-6,15,17H. The third-order valence-corrected chi connectivity index (χ3v) is 3.64. The van der Waals surface area contributed by atoms with E-state index >= 15 is 0 Å². The number of carbonyl (C=O) groups excluding carboxylic acids is 1. The van der Waals surface area contributed by atoms with Crippen molar-refractivity contribution in [2.45, 2.75) is 0 Å². The largest absolute Gasteiger partial charge is 0.507 e. The zero-order valence-electron chi connectivity index (χ0n) is 8.70. The first-order valence-electron chi connectivity index (χ1n) is 5.09. The van der Waals surface area contributed by atoms with Crippen LogP contribution in [-0.4, -0.2) is 16.4 Å². The van der Waals surface area contributed by atoms with Crippen molar-refractivity contribution in [2.75, 3.05) is 0 Å². The summed E-state index contributed by atoms with van der Waals surface area (Å²) in [5, 5.41) is 11.5. The van der Waals surface area contributed by atoms with Gasteiger partial charge in [-0.1, -0.05) is 0 Å². The van der Waals surface area contributed by atoms with Crippen molar-refractivity contribution in [2.24, 2.45) is 0 Å². The minimum atomic E-state index is 0.190. The summed E-state index contributed by atoms with van der Waals surface area (Å²) >= 11 is 3.37. The Morgan fingerprint density at radius 3 is 2.71 bits per heavy atom. The molecule has 0 aliphatic heterocycles. The number of halogens is 1. The molecule has 3 nitrogen and oxygen atoms in total. The van der Waals surface area contributed by atoms with Crippen LogP contribution in [0.1, 0.15) is 10.4 Å². The fourth-order valence-electron chi connectivity index (χ4n) is 2.03. The number of aromatic nitrogens is 1. The Kier molecular flexibility index (Phi) is 2.19. The highest BCUT2D eigenvalue weighted by Crippen LogP contribution is 2.37. The molecule has 0 bridgehead atoms. The van der Waals surface area contributed by atoms with Crippen molar-refractivity contribution in [1.82, 2.24) is 4.98 Å². The predicted molar refractivity (Wildman–Crippen MR) is 70.6 cm³/mol. The molecule has 17 heavy (non-hydrogen) atoms. The van der Waals surface area contributed by atoms with Crippen molar-refractivity contribution in [3.05, 3.63) is 40.4 Å². The quantitative estimate of drug-likeness (QED) is 0.673. The number of aldehydes is 1. The second-order valence-electron chi connectivity index (χ2n) is 3.87. The van der Waals surface area contributed by atoms with E-state index in [1.807, 2.05) is 18.2 Å². The van der Waals surface area contributed by atoms with Gasteiger partial charge in [-0.05, 0) is 46.3 Å². The highest BCUT2D eigenvalue weighted by atomic mass is 79.9. The number of rotatable bonds is 1. The maximum Gasteiger partial charge on any atom is 0.150 e. The second kappa shape index (κ2) is 3.60. The summed E-state index contributed by atoms with van der Waals surface area (Å²) in [4.78, 5) is 14.0. The SMILES string of the molecule is O=Cc1ccc2[nH]c3ccc(O)c(Br)c3c2c1. The summed E-state index contributed by atoms with van der Waals surface area (Å²) in [7, 11) is 0. The smallest absolute Gasteiger partial charge is 0.150 e. The molecule has 2 N–H and O–H groups in total. The Morgan fingerprint density at radius 1 is 1.18 bits per heavy atom. The number of carbonyl (C=O) groups is 1. The first kappa shape index (κ1) is 10.4. The van der Waals surface area contributed by atoms with Crippen LogP contribution in [0.25, 0.3) is 21.8 Å². The van der Waals surface area contributed by atoms with E-state index in [2.05, 4.69) is 20.9 Å². The van der Waals surface area contributed by atoms with Gasteiger partial charge in [0.1, 0.15) is 12.0 Å². The van der Waals surface area contributed by atoms with E-state index in [4.69, 9.17) is 0 Å². The minimum absolute atomic E-state index is 0.190. The maximum absolute atomic E-state index is 10.8. The number of H-pyrrole nitrogens is 1. The lowest BCUT2D eigenvalue weighted by atomic mass is 10.1. The molecule has 0 unspecified atom stereocenters. The molecule has 0 spiro atoms. The normalized spacial score (nSPS) is 11.1. The molecule has 0 saturated heterocycles. The molecule has 0 aliphatic carbocycles. The molecule has 3 rings (SSSR count). The summed E-state index contributed by atoms with van der Waals surface area (Å²) in [5.41, 5.74) is 2.48. The molecule has 0 amide bonds. The molecule has 3 aromatic rings. The third kappa shape index (κ3) is 1.45. The van der Waals surface area contributed by atoms with Gasteiger partial charge in [0.25, 0.3) is 0 Å². The van der Waals surface area contributed by atoms with Crippen molar-refractivity contribution in [1.29, 1.82) is 0 Å². The van der Waals surface area contributed by atoms with Gasteiger partial charge in [0.05, 0.1) is 4.47 Å². The fraction of sp³-hybridized carbons (Fsp3) is 0. The van der Waals surface area contributed by atoms with Gasteiger partial charge < -0.3 is 10.1 Å². The molecule has 0 saturated carbocycles. The van der Waals surface area contributed by atoms with Crippen molar-refractivity contribution >= 4 is 44.0 Å². The first-order chi connectivity index (χ1) is 8.20. The molecule has 0 fully saturated rings. The fourth-order valence-corrected chi connectivity index (χ4v) is 2.59. The molecular formula is C13H8BrNO2. The number of hydrogen-bond acceptors (Lipinski definition) is 2. The molecule has 84 valence electrons. The van der Waals surface area contributed by atoms with Crippen LogP contribution in [0.4, 0.5) is 0 Å². The number of aromatic hydroxyl groups is 1. The van der Waals surface area contributed by atoms with Crippen molar-refractivity contribution < 1.29 is 9.90 Å². The van der Waals surface area contributed by atoms with E-state index in [0.717, 1.165) is 28.1 Å². The Hall–Kier alpha value is -1.81. The van der Waals surface area contributed by atoms with Crippen molar-refractivity contribution in [3.8, 4) is 5.75 Å². The highest BCUT2D eigenvalue weighted by molar-refractivity contribution is 9.10. The van der Waals surface area contributed by atoms with Gasteiger partial charge in [-0.2, -0.15) is 0 Å². The Morgan fingerprint density at radius 2 is 1.94 bits per heavy atom. The number of aromatic amines is 1. The molecule has 4 heteroatoms. The van der Waals surface area contributed by atoms with Crippen LogP contribution < -0.4 is 0 Å². The van der Waals surface area contributed by atoms with Crippen LogP contribution in [-0.2, 0) is 0 Å². The Labute approximate surface area is 105 Å². The van der Waals surface area contributed by atoms with E-state index in [9.17, 15) is 9.90 Å². The summed E-state index contributed by atoms with van der Waals surface area (Å²) in [6.45, 7) is 0. The van der Waals surface area contributed by atoms with E-state index in [-0.39, 0.29) is 5.75 Å². The molecule has 0 radical (unpaired) electrons. The van der Waals surface area contributed by atoms with Crippen LogP contribution in [0.2, 0.25) is 0 Å². The molecule has 1 aromatic heterocycles. The number of phenols is 1. The van der Waals surface area contributed by atoms with Gasteiger partial charge in [-0.3, -0.25) is 4.79 Å². The molecule has 0 aliphatic rings. The average Bonchev–Trinajstić information content (AvgIpc) is 2.71. The zero-order chi connectivity index (χ0) is 12.0. The van der Waals surface area contributed by atoms with Gasteiger partial charge in [0.15, 0.2) is 0 Å². The number of fused-ring (bicyclic) bond motifs is 3. The number of nitrogens with one attached hydrogen (secondary N) is 1. The lowest BCUT2D eigenvalue weighted by Crippen LogP contribution is -1.78. The van der Waals surface area contributed by atoms with E-state index < -0.39 is 0 Å². The van der Waals surface area contributed by atoms with E-state index in [1.165, 1.54) is 0 Å². The lowest BCUT2D eigenvalue weighted by Gasteiger charge is -1.99. The highest BCUT2D eigenvalue weighted by Gasteiger charge is 2.10. The monoisotopic (exact) mass is 289 g/mol. The minimum Gasteiger partial charge on any atom is -0.507 e. The molecule has 0 atom stereocenters. The second-order valence-corrected chi connectivity index (χ2v) is 4.66. The number of hydrogen-bond donors (Lipinski definition) is 2. The van der Waals surface area contributed by atoms with E-state index in [0.29, 0.717) is 10.0 Å². The molecule has 1 heterocycles. The Balaban J connectivity index is 2.54. The van der Waals surface area contributed by atoms with Crippen LogP contribution in [0.5, 0.6) is 5.75 Å². The topological polar surface area (TPSA) is 53.1 Å². The van der Waals surface area contributed by atoms with Gasteiger partial charge in [-0.25, -0.2) is 0 Å². The van der Waals surface area contributed by atoms with Crippen molar-refractivity contribution in [3.63, 3.8) is 0 Å². The van der Waals surface area contributed by atoms with Crippen LogP contribution in [0.15, 0.2) is 34.8 Å². The predicted octanol–water partition coefficient (Wildman–Crippen LogP) is 3.60. The lowest BCUT2D eigenvalue weighted by molar-refractivity contribution is 0.112. The zero-order valence-corrected chi connectivity index (χ0v) is 10.3. The van der Waals surface area contributed by atoms with Crippen LogP contribution >= 0.6 is 15.9 Å². The van der Waals surface area contributed by atoms with Gasteiger partial charge in [-0.15, -0.1) is 0 Å². The third-order valence-electron chi connectivity index (χ3n) is 2.84. The number of benzene rings is 2. The van der Waals surface area contributed by atoms with E-state index in [1.54, 1.807) is 12.1 Å². The van der Waals surface area contributed by atoms with Gasteiger partial charge in [0, 0.05) is 27.4 Å². The molecular weight excluding hydrogens is 282 g/mol.